The lowest BCUT2D eigenvalue weighted by Gasteiger charge is -2.15. The van der Waals surface area contributed by atoms with Gasteiger partial charge in [-0.05, 0) is 29.3 Å². The van der Waals surface area contributed by atoms with Gasteiger partial charge in [0.05, 0.1) is 12.5 Å². The van der Waals surface area contributed by atoms with Gasteiger partial charge in [-0.2, -0.15) is 11.3 Å². The van der Waals surface area contributed by atoms with Crippen LogP contribution in [0.2, 0.25) is 0 Å². The van der Waals surface area contributed by atoms with Crippen LogP contribution in [0.15, 0.2) is 16.8 Å². The molecular weight excluding hydrogens is 210 g/mol. The first kappa shape index (κ1) is 10.6. The van der Waals surface area contributed by atoms with E-state index >= 15 is 0 Å². The van der Waals surface area contributed by atoms with Crippen LogP contribution in [-0.2, 0) is 9.53 Å². The van der Waals surface area contributed by atoms with Crippen LogP contribution in [0, 0.1) is 5.92 Å². The Morgan fingerprint density at radius 3 is 3.20 bits per heavy atom. The number of thiophene rings is 1. The number of nitrogens with one attached hydrogen (secondary N) is 1. The van der Waals surface area contributed by atoms with Crippen molar-refractivity contribution in [2.45, 2.75) is 12.8 Å². The molecule has 0 amide bonds. The van der Waals surface area contributed by atoms with Crippen molar-refractivity contribution in [2.24, 2.45) is 5.92 Å². The van der Waals surface area contributed by atoms with Gasteiger partial charge >= 0.3 is 5.97 Å². The van der Waals surface area contributed by atoms with Crippen molar-refractivity contribution in [3.05, 3.63) is 22.4 Å². The predicted octanol–water partition coefficient (Wildman–Crippen LogP) is 1.61. The number of esters is 1. The third kappa shape index (κ3) is 2.21. The molecule has 4 heteroatoms. The fourth-order valence-corrected chi connectivity index (χ4v) is 2.74. The molecule has 1 aromatic heterocycles. The van der Waals surface area contributed by atoms with Crippen molar-refractivity contribution in [3.8, 4) is 0 Å². The molecule has 1 aromatic rings. The molecule has 0 radical (unpaired) electrons. The van der Waals surface area contributed by atoms with Crippen LogP contribution in [0.25, 0.3) is 0 Å². The average Bonchev–Trinajstić information content (AvgIpc) is 2.88. The molecule has 82 valence electrons. The molecule has 1 fully saturated rings. The van der Waals surface area contributed by atoms with Crippen LogP contribution in [0.5, 0.6) is 0 Å². The van der Waals surface area contributed by atoms with Crippen LogP contribution in [0.1, 0.15) is 18.4 Å². The topological polar surface area (TPSA) is 38.3 Å². The first-order valence-electron chi connectivity index (χ1n) is 5.22. The Kier molecular flexibility index (Phi) is 3.38. The van der Waals surface area contributed by atoms with E-state index in [4.69, 9.17) is 4.74 Å². The Morgan fingerprint density at radius 1 is 1.67 bits per heavy atom. The van der Waals surface area contributed by atoms with Crippen LogP contribution in [0.3, 0.4) is 0 Å². The van der Waals surface area contributed by atoms with Crippen LogP contribution >= 0.6 is 11.3 Å². The van der Waals surface area contributed by atoms with Crippen LogP contribution in [0.4, 0.5) is 0 Å². The number of carbonyl (C=O) groups excluding carboxylic acids is 1. The molecule has 2 unspecified atom stereocenters. The summed E-state index contributed by atoms with van der Waals surface area (Å²) in [6.07, 6.45) is 0. The SMILES string of the molecule is CCOC(=O)C1CNCC1c1ccsc1. The molecule has 0 bridgehead atoms. The maximum absolute atomic E-state index is 11.7. The predicted molar refractivity (Wildman–Crippen MR) is 60.1 cm³/mol. The van der Waals surface area contributed by atoms with Crippen molar-refractivity contribution < 1.29 is 9.53 Å². The molecule has 2 atom stereocenters. The Balaban J connectivity index is 2.08. The van der Waals surface area contributed by atoms with Crippen molar-refractivity contribution in [2.75, 3.05) is 19.7 Å². The first-order valence-corrected chi connectivity index (χ1v) is 6.16. The quantitative estimate of drug-likeness (QED) is 0.794. The van der Waals surface area contributed by atoms with Crippen molar-refractivity contribution in [3.63, 3.8) is 0 Å². The fraction of sp³-hybridized carbons (Fsp3) is 0.545. The number of carbonyl (C=O) groups is 1. The summed E-state index contributed by atoms with van der Waals surface area (Å²) in [6.45, 7) is 3.92. The van der Waals surface area contributed by atoms with Gasteiger partial charge in [0.1, 0.15) is 0 Å². The van der Waals surface area contributed by atoms with Gasteiger partial charge < -0.3 is 10.1 Å². The van der Waals surface area contributed by atoms with E-state index in [9.17, 15) is 4.79 Å². The van der Waals surface area contributed by atoms with Crippen LogP contribution in [-0.4, -0.2) is 25.7 Å². The summed E-state index contributed by atoms with van der Waals surface area (Å²) in [5.74, 6) is 0.202. The van der Waals surface area contributed by atoms with E-state index in [1.54, 1.807) is 11.3 Å². The lowest BCUT2D eigenvalue weighted by atomic mass is 9.91. The summed E-state index contributed by atoms with van der Waals surface area (Å²) in [4.78, 5) is 11.7. The monoisotopic (exact) mass is 225 g/mol. The zero-order chi connectivity index (χ0) is 10.7. The molecule has 2 rings (SSSR count). The molecular formula is C11H15NO2S. The maximum Gasteiger partial charge on any atom is 0.310 e. The van der Waals surface area contributed by atoms with Crippen molar-refractivity contribution in [1.82, 2.24) is 5.32 Å². The third-order valence-electron chi connectivity index (χ3n) is 2.77. The first-order chi connectivity index (χ1) is 7.33. The molecule has 1 aliphatic heterocycles. The second kappa shape index (κ2) is 4.77. The van der Waals surface area contributed by atoms with E-state index in [2.05, 4.69) is 22.1 Å². The highest BCUT2D eigenvalue weighted by atomic mass is 32.1. The standard InChI is InChI=1S/C11H15NO2S/c1-2-14-11(13)10-6-12-5-9(10)8-3-4-15-7-8/h3-4,7,9-10,12H,2,5-6H2,1H3. The molecule has 15 heavy (non-hydrogen) atoms. The minimum absolute atomic E-state index is 0.0143. The van der Waals surface area contributed by atoms with Gasteiger partial charge in [-0.3, -0.25) is 4.79 Å². The molecule has 0 aliphatic carbocycles. The summed E-state index contributed by atoms with van der Waals surface area (Å²) in [5, 5.41) is 7.42. The molecule has 0 aromatic carbocycles. The lowest BCUT2D eigenvalue weighted by molar-refractivity contribution is -0.147. The molecule has 1 N–H and O–H groups in total. The van der Waals surface area contributed by atoms with E-state index < -0.39 is 0 Å². The zero-order valence-corrected chi connectivity index (χ0v) is 9.55. The van der Waals surface area contributed by atoms with Crippen molar-refractivity contribution >= 4 is 17.3 Å². The molecule has 1 aliphatic rings. The molecule has 1 saturated heterocycles. The van der Waals surface area contributed by atoms with Gasteiger partial charge in [-0.1, -0.05) is 0 Å². The van der Waals surface area contributed by atoms with Gasteiger partial charge in [0.15, 0.2) is 0 Å². The van der Waals surface area contributed by atoms with Crippen LogP contribution < -0.4 is 5.32 Å². The van der Waals surface area contributed by atoms with E-state index in [0.29, 0.717) is 6.61 Å². The minimum atomic E-state index is -0.0706. The Hall–Kier alpha value is -0.870. The van der Waals surface area contributed by atoms with E-state index in [-0.39, 0.29) is 17.8 Å². The molecule has 0 saturated carbocycles. The average molecular weight is 225 g/mol. The molecule has 2 heterocycles. The van der Waals surface area contributed by atoms with E-state index in [1.165, 1.54) is 5.56 Å². The highest BCUT2D eigenvalue weighted by Gasteiger charge is 2.35. The second-order valence-corrected chi connectivity index (χ2v) is 4.46. The zero-order valence-electron chi connectivity index (χ0n) is 8.73. The molecule has 0 spiro atoms. The summed E-state index contributed by atoms with van der Waals surface area (Å²) < 4.78 is 5.08. The summed E-state index contributed by atoms with van der Waals surface area (Å²) >= 11 is 1.67. The van der Waals surface area contributed by atoms with Gasteiger partial charge in [0.25, 0.3) is 0 Å². The maximum atomic E-state index is 11.7. The third-order valence-corrected chi connectivity index (χ3v) is 3.48. The largest absolute Gasteiger partial charge is 0.466 e. The number of hydrogen-bond acceptors (Lipinski definition) is 4. The number of rotatable bonds is 3. The second-order valence-electron chi connectivity index (χ2n) is 3.68. The summed E-state index contributed by atoms with van der Waals surface area (Å²) in [5.41, 5.74) is 1.25. The summed E-state index contributed by atoms with van der Waals surface area (Å²) in [6, 6.07) is 2.09. The smallest absolute Gasteiger partial charge is 0.310 e. The van der Waals surface area contributed by atoms with Crippen molar-refractivity contribution in [1.29, 1.82) is 0 Å². The normalized spacial score (nSPS) is 25.4. The fourth-order valence-electron chi connectivity index (χ4n) is 2.01. The molecule has 3 nitrogen and oxygen atoms in total. The summed E-state index contributed by atoms with van der Waals surface area (Å²) in [7, 11) is 0. The Labute approximate surface area is 93.4 Å². The highest BCUT2D eigenvalue weighted by Crippen LogP contribution is 2.30. The highest BCUT2D eigenvalue weighted by molar-refractivity contribution is 7.08. The van der Waals surface area contributed by atoms with Gasteiger partial charge in [-0.15, -0.1) is 0 Å². The Morgan fingerprint density at radius 2 is 2.53 bits per heavy atom. The van der Waals surface area contributed by atoms with Gasteiger partial charge in [-0.25, -0.2) is 0 Å². The number of hydrogen-bond donors (Lipinski definition) is 1. The van der Waals surface area contributed by atoms with Gasteiger partial charge in [0.2, 0.25) is 0 Å². The van der Waals surface area contributed by atoms with E-state index in [0.717, 1.165) is 13.1 Å². The number of ether oxygens (including phenoxy) is 1. The lowest BCUT2D eigenvalue weighted by Crippen LogP contribution is -2.23. The Bertz CT molecular complexity index is 323. The van der Waals surface area contributed by atoms with E-state index in [1.807, 2.05) is 6.92 Å². The minimum Gasteiger partial charge on any atom is -0.466 e. The van der Waals surface area contributed by atoms with Gasteiger partial charge in [0, 0.05) is 19.0 Å².